The summed E-state index contributed by atoms with van der Waals surface area (Å²) in [5.74, 6) is 0.0287. The van der Waals surface area contributed by atoms with Crippen molar-refractivity contribution in [2.24, 2.45) is 5.41 Å². The van der Waals surface area contributed by atoms with Gasteiger partial charge in [0.05, 0.1) is 6.04 Å². The Hall–Kier alpha value is -0.730. The fourth-order valence-electron chi connectivity index (χ4n) is 1.70. The lowest BCUT2D eigenvalue weighted by Gasteiger charge is -2.21. The highest BCUT2D eigenvalue weighted by Gasteiger charge is 2.18. The number of rotatable bonds is 3. The Morgan fingerprint density at radius 2 is 1.94 bits per heavy atom. The molecule has 1 amide bonds. The molecule has 0 unspecified atom stereocenters. The van der Waals surface area contributed by atoms with Gasteiger partial charge in [-0.1, -0.05) is 50.0 Å². The topological polar surface area (TPSA) is 29.1 Å². The van der Waals surface area contributed by atoms with E-state index < -0.39 is 0 Å². The molecule has 2 nitrogen and oxygen atoms in total. The first-order valence-electron chi connectivity index (χ1n) is 5.93. The second kappa shape index (κ2) is 5.94. The summed E-state index contributed by atoms with van der Waals surface area (Å²) in [4.78, 5) is 11.8. The summed E-state index contributed by atoms with van der Waals surface area (Å²) in [6.45, 7) is 8.02. The Morgan fingerprint density at radius 1 is 1.33 bits per heavy atom. The largest absolute Gasteiger partial charge is 0.350 e. The van der Waals surface area contributed by atoms with Crippen molar-refractivity contribution in [3.05, 3.63) is 33.8 Å². The van der Waals surface area contributed by atoms with Crippen LogP contribution in [0.1, 0.15) is 45.7 Å². The second-order valence-electron chi connectivity index (χ2n) is 5.69. The summed E-state index contributed by atoms with van der Waals surface area (Å²) in [7, 11) is 0. The molecule has 1 rings (SSSR count). The molecule has 0 fully saturated rings. The number of hydrogen-bond acceptors (Lipinski definition) is 1. The van der Waals surface area contributed by atoms with E-state index in [1.165, 1.54) is 0 Å². The number of carbonyl (C=O) groups is 1. The molecule has 0 aliphatic carbocycles. The van der Waals surface area contributed by atoms with E-state index in [9.17, 15) is 4.79 Å². The highest BCUT2D eigenvalue weighted by Crippen LogP contribution is 2.26. The van der Waals surface area contributed by atoms with Gasteiger partial charge in [0.25, 0.3) is 0 Å². The van der Waals surface area contributed by atoms with E-state index >= 15 is 0 Å². The summed E-state index contributed by atoms with van der Waals surface area (Å²) in [5, 5.41) is 4.12. The van der Waals surface area contributed by atoms with Gasteiger partial charge in [0, 0.05) is 16.5 Å². The third-order valence-corrected chi connectivity index (χ3v) is 3.06. The first-order chi connectivity index (χ1) is 8.19. The maximum atomic E-state index is 11.8. The highest BCUT2D eigenvalue weighted by molar-refractivity contribution is 6.35. The van der Waals surface area contributed by atoms with Crippen LogP contribution >= 0.6 is 23.2 Å². The molecule has 1 atom stereocenters. The average molecular weight is 288 g/mol. The smallest absolute Gasteiger partial charge is 0.220 e. The van der Waals surface area contributed by atoms with Crippen LogP contribution in [0.4, 0.5) is 0 Å². The molecule has 0 heterocycles. The number of halogens is 2. The van der Waals surface area contributed by atoms with E-state index in [-0.39, 0.29) is 17.4 Å². The minimum atomic E-state index is -0.121. The van der Waals surface area contributed by atoms with Gasteiger partial charge in [-0.15, -0.1) is 0 Å². The zero-order valence-electron chi connectivity index (χ0n) is 11.2. The highest BCUT2D eigenvalue weighted by atomic mass is 35.5. The summed E-state index contributed by atoms with van der Waals surface area (Å²) >= 11 is 11.9. The molecule has 0 saturated heterocycles. The van der Waals surface area contributed by atoms with Gasteiger partial charge in [-0.05, 0) is 30.0 Å². The maximum Gasteiger partial charge on any atom is 0.220 e. The number of benzene rings is 1. The molecule has 0 aromatic heterocycles. The number of amides is 1. The number of hydrogen-bond donors (Lipinski definition) is 1. The van der Waals surface area contributed by atoms with E-state index in [0.29, 0.717) is 16.5 Å². The molecular formula is C14H19Cl2NO. The van der Waals surface area contributed by atoms with E-state index in [1.807, 2.05) is 33.8 Å². The first-order valence-corrected chi connectivity index (χ1v) is 6.69. The molecular weight excluding hydrogens is 269 g/mol. The average Bonchev–Trinajstić information content (AvgIpc) is 2.13. The Balaban J connectivity index is 2.71. The molecule has 0 spiro atoms. The van der Waals surface area contributed by atoms with Crippen LogP contribution in [-0.4, -0.2) is 5.91 Å². The fourth-order valence-corrected chi connectivity index (χ4v) is 2.28. The van der Waals surface area contributed by atoms with E-state index in [0.717, 1.165) is 5.56 Å². The molecule has 100 valence electrons. The van der Waals surface area contributed by atoms with Crippen molar-refractivity contribution >= 4 is 29.1 Å². The van der Waals surface area contributed by atoms with Crippen LogP contribution in [0.5, 0.6) is 0 Å². The van der Waals surface area contributed by atoms with Crippen molar-refractivity contribution in [2.75, 3.05) is 0 Å². The molecule has 0 radical (unpaired) electrons. The normalized spacial score (nSPS) is 13.2. The minimum absolute atomic E-state index is 0.0202. The zero-order valence-corrected chi connectivity index (χ0v) is 12.7. The predicted octanol–water partition coefficient (Wildman–Crippen LogP) is 4.61. The van der Waals surface area contributed by atoms with Gasteiger partial charge >= 0.3 is 0 Å². The second-order valence-corrected chi connectivity index (χ2v) is 6.54. The summed E-state index contributed by atoms with van der Waals surface area (Å²) in [5.41, 5.74) is 0.858. The van der Waals surface area contributed by atoms with Gasteiger partial charge in [-0.2, -0.15) is 0 Å². The Labute approximate surface area is 119 Å². The fraction of sp³-hybridized carbons (Fsp3) is 0.500. The predicted molar refractivity (Wildman–Crippen MR) is 77.1 cm³/mol. The lowest BCUT2D eigenvalue weighted by Crippen LogP contribution is -2.30. The molecule has 18 heavy (non-hydrogen) atoms. The van der Waals surface area contributed by atoms with Gasteiger partial charge in [0.2, 0.25) is 5.91 Å². The third kappa shape index (κ3) is 4.87. The quantitative estimate of drug-likeness (QED) is 0.864. The monoisotopic (exact) mass is 287 g/mol. The molecule has 1 aromatic carbocycles. The van der Waals surface area contributed by atoms with Crippen LogP contribution < -0.4 is 5.32 Å². The van der Waals surface area contributed by atoms with Crippen molar-refractivity contribution in [3.63, 3.8) is 0 Å². The molecule has 1 N–H and O–H groups in total. The summed E-state index contributed by atoms with van der Waals surface area (Å²) < 4.78 is 0. The molecule has 0 saturated carbocycles. The summed E-state index contributed by atoms with van der Waals surface area (Å²) in [6.07, 6.45) is 0.489. The maximum absolute atomic E-state index is 11.8. The van der Waals surface area contributed by atoms with E-state index in [2.05, 4.69) is 5.32 Å². The van der Waals surface area contributed by atoms with Crippen LogP contribution in [-0.2, 0) is 4.79 Å². The molecule has 4 heteroatoms. The standard InChI is InChI=1S/C14H19Cl2NO/c1-9(17-13(18)8-14(2,3)4)11-6-5-10(15)7-12(11)16/h5-7,9H,8H2,1-4H3,(H,17,18)/t9-/m1/s1. The number of nitrogens with one attached hydrogen (secondary N) is 1. The van der Waals surface area contributed by atoms with Gasteiger partial charge < -0.3 is 5.32 Å². The van der Waals surface area contributed by atoms with Crippen LogP contribution in [0.25, 0.3) is 0 Å². The van der Waals surface area contributed by atoms with Gasteiger partial charge in [0.1, 0.15) is 0 Å². The van der Waals surface area contributed by atoms with Crippen LogP contribution in [0.2, 0.25) is 10.0 Å². The van der Waals surface area contributed by atoms with Crippen molar-refractivity contribution in [1.82, 2.24) is 5.32 Å². The number of carbonyl (C=O) groups excluding carboxylic acids is 1. The van der Waals surface area contributed by atoms with Crippen molar-refractivity contribution in [2.45, 2.75) is 40.2 Å². The Kier molecular flexibility index (Phi) is 5.06. The van der Waals surface area contributed by atoms with Crippen LogP contribution in [0, 0.1) is 5.41 Å². The Morgan fingerprint density at radius 3 is 2.44 bits per heavy atom. The van der Waals surface area contributed by atoms with Crippen LogP contribution in [0.3, 0.4) is 0 Å². The SMILES string of the molecule is C[C@@H](NC(=O)CC(C)(C)C)c1ccc(Cl)cc1Cl. The van der Waals surface area contributed by atoms with E-state index in [1.54, 1.807) is 12.1 Å². The van der Waals surface area contributed by atoms with Crippen molar-refractivity contribution in [1.29, 1.82) is 0 Å². The lowest BCUT2D eigenvalue weighted by atomic mass is 9.91. The Bertz CT molecular complexity index is 438. The zero-order chi connectivity index (χ0) is 13.9. The van der Waals surface area contributed by atoms with Crippen LogP contribution in [0.15, 0.2) is 18.2 Å². The first kappa shape index (κ1) is 15.3. The minimum Gasteiger partial charge on any atom is -0.350 e. The summed E-state index contributed by atoms with van der Waals surface area (Å²) in [6, 6.07) is 5.18. The molecule has 0 bridgehead atoms. The molecule has 1 aromatic rings. The lowest BCUT2D eigenvalue weighted by molar-refractivity contribution is -0.123. The molecule has 0 aliphatic rings. The third-order valence-electron chi connectivity index (χ3n) is 2.50. The van der Waals surface area contributed by atoms with Crippen molar-refractivity contribution in [3.8, 4) is 0 Å². The van der Waals surface area contributed by atoms with E-state index in [4.69, 9.17) is 23.2 Å². The molecule has 0 aliphatic heterocycles. The van der Waals surface area contributed by atoms with Gasteiger partial charge in [0.15, 0.2) is 0 Å². The van der Waals surface area contributed by atoms with Gasteiger partial charge in [-0.25, -0.2) is 0 Å². The van der Waals surface area contributed by atoms with Gasteiger partial charge in [-0.3, -0.25) is 4.79 Å². The van der Waals surface area contributed by atoms with Crippen molar-refractivity contribution < 1.29 is 4.79 Å².